The number of imidazole rings is 1. The quantitative estimate of drug-likeness (QED) is 0.768. The largest absolute Gasteiger partial charge is 0.385 e. The molecule has 3 aromatic rings. The van der Waals surface area contributed by atoms with Crippen LogP contribution < -0.4 is 0 Å². The van der Waals surface area contributed by atoms with Crippen LogP contribution in [0, 0.1) is 0 Å². The fourth-order valence-electron chi connectivity index (χ4n) is 2.34. The first-order chi connectivity index (χ1) is 9.56. The first kappa shape index (κ1) is 12.9. The standard InChI is InChI=1S/C15H18N4O/c1-9(2)19-14(6-7-16-19)11-4-5-12-13(8-11)18-15(17-12)10(3)20/h4-10,20H,1-3H3,(H,17,18)/t10-/m0/s1. The summed E-state index contributed by atoms with van der Waals surface area (Å²) in [6.07, 6.45) is 1.22. The maximum atomic E-state index is 9.59. The Morgan fingerprint density at radius 2 is 2.00 bits per heavy atom. The number of rotatable bonds is 3. The number of H-pyrrole nitrogens is 1. The van der Waals surface area contributed by atoms with Crippen LogP contribution in [0.3, 0.4) is 0 Å². The van der Waals surface area contributed by atoms with Gasteiger partial charge in [-0.15, -0.1) is 0 Å². The summed E-state index contributed by atoms with van der Waals surface area (Å²) in [5.74, 6) is 0.592. The Labute approximate surface area is 117 Å². The number of aliphatic hydroxyl groups is 1. The predicted octanol–water partition coefficient (Wildman–Crippen LogP) is 3.06. The van der Waals surface area contributed by atoms with Crippen LogP contribution in [0.2, 0.25) is 0 Å². The molecule has 0 amide bonds. The van der Waals surface area contributed by atoms with Gasteiger partial charge in [0.1, 0.15) is 11.9 Å². The van der Waals surface area contributed by atoms with Crippen LogP contribution in [0.4, 0.5) is 0 Å². The van der Waals surface area contributed by atoms with Crippen molar-refractivity contribution in [2.45, 2.75) is 32.9 Å². The molecule has 2 heterocycles. The molecule has 3 rings (SSSR count). The van der Waals surface area contributed by atoms with Crippen molar-refractivity contribution in [1.82, 2.24) is 19.7 Å². The molecule has 0 fully saturated rings. The summed E-state index contributed by atoms with van der Waals surface area (Å²) in [5, 5.41) is 13.9. The lowest BCUT2D eigenvalue weighted by molar-refractivity contribution is 0.190. The minimum absolute atomic E-state index is 0.311. The third kappa shape index (κ3) is 2.10. The fourth-order valence-corrected chi connectivity index (χ4v) is 2.34. The predicted molar refractivity (Wildman–Crippen MR) is 78.3 cm³/mol. The Hall–Kier alpha value is -2.14. The van der Waals surface area contributed by atoms with Crippen molar-refractivity contribution in [2.75, 3.05) is 0 Å². The Morgan fingerprint density at radius 3 is 2.70 bits per heavy atom. The molecule has 1 atom stereocenters. The van der Waals surface area contributed by atoms with E-state index in [0.717, 1.165) is 22.3 Å². The van der Waals surface area contributed by atoms with Crippen molar-refractivity contribution in [1.29, 1.82) is 0 Å². The smallest absolute Gasteiger partial charge is 0.135 e. The molecule has 2 aromatic heterocycles. The van der Waals surface area contributed by atoms with E-state index in [2.05, 4.69) is 28.9 Å². The number of aliphatic hydroxyl groups excluding tert-OH is 1. The van der Waals surface area contributed by atoms with Crippen LogP contribution >= 0.6 is 0 Å². The van der Waals surface area contributed by atoms with E-state index >= 15 is 0 Å². The van der Waals surface area contributed by atoms with Gasteiger partial charge in [0.15, 0.2) is 0 Å². The van der Waals surface area contributed by atoms with E-state index in [1.807, 2.05) is 35.1 Å². The lowest BCUT2D eigenvalue weighted by Crippen LogP contribution is -2.04. The number of hydrogen-bond donors (Lipinski definition) is 2. The third-order valence-corrected chi connectivity index (χ3v) is 3.35. The minimum atomic E-state index is -0.591. The molecular weight excluding hydrogens is 252 g/mol. The monoisotopic (exact) mass is 270 g/mol. The van der Waals surface area contributed by atoms with Gasteiger partial charge >= 0.3 is 0 Å². The second-order valence-corrected chi connectivity index (χ2v) is 5.28. The molecule has 0 bridgehead atoms. The fraction of sp³-hybridized carbons (Fsp3) is 0.333. The van der Waals surface area contributed by atoms with Gasteiger partial charge in [0.25, 0.3) is 0 Å². The summed E-state index contributed by atoms with van der Waals surface area (Å²) in [4.78, 5) is 7.52. The minimum Gasteiger partial charge on any atom is -0.385 e. The summed E-state index contributed by atoms with van der Waals surface area (Å²) in [7, 11) is 0. The van der Waals surface area contributed by atoms with Crippen molar-refractivity contribution in [3.8, 4) is 11.3 Å². The van der Waals surface area contributed by atoms with Crippen molar-refractivity contribution < 1.29 is 5.11 Å². The summed E-state index contributed by atoms with van der Waals surface area (Å²) < 4.78 is 1.99. The van der Waals surface area contributed by atoms with Gasteiger partial charge in [-0.05, 0) is 39.0 Å². The van der Waals surface area contributed by atoms with Gasteiger partial charge in [-0.25, -0.2) is 4.98 Å². The van der Waals surface area contributed by atoms with Crippen LogP contribution in [0.15, 0.2) is 30.5 Å². The Morgan fingerprint density at radius 1 is 1.20 bits per heavy atom. The van der Waals surface area contributed by atoms with Crippen LogP contribution in [0.25, 0.3) is 22.3 Å². The van der Waals surface area contributed by atoms with Gasteiger partial charge in [0.2, 0.25) is 0 Å². The van der Waals surface area contributed by atoms with Gasteiger partial charge in [-0.3, -0.25) is 4.68 Å². The lowest BCUT2D eigenvalue weighted by atomic mass is 10.1. The molecule has 0 saturated carbocycles. The molecule has 0 aliphatic rings. The highest BCUT2D eigenvalue weighted by molar-refractivity contribution is 5.81. The van der Waals surface area contributed by atoms with Crippen LogP contribution in [0.1, 0.15) is 38.7 Å². The zero-order valence-corrected chi connectivity index (χ0v) is 11.8. The van der Waals surface area contributed by atoms with Gasteiger partial charge in [-0.2, -0.15) is 5.10 Å². The molecule has 1 aromatic carbocycles. The van der Waals surface area contributed by atoms with Crippen molar-refractivity contribution >= 4 is 11.0 Å². The normalized spacial score (nSPS) is 13.2. The SMILES string of the molecule is CC(C)n1nccc1-c1ccc2nc([C@H](C)O)[nH]c2c1. The number of hydrogen-bond acceptors (Lipinski definition) is 3. The topological polar surface area (TPSA) is 66.7 Å². The molecule has 104 valence electrons. The van der Waals surface area contributed by atoms with Crippen molar-refractivity contribution in [3.05, 3.63) is 36.3 Å². The van der Waals surface area contributed by atoms with Gasteiger partial charge in [0.05, 0.1) is 16.7 Å². The van der Waals surface area contributed by atoms with Crippen molar-refractivity contribution in [3.63, 3.8) is 0 Å². The second-order valence-electron chi connectivity index (χ2n) is 5.28. The van der Waals surface area contributed by atoms with E-state index in [0.29, 0.717) is 11.9 Å². The molecular formula is C15H18N4O. The molecule has 0 radical (unpaired) electrons. The third-order valence-electron chi connectivity index (χ3n) is 3.35. The molecule has 0 unspecified atom stereocenters. The average molecular weight is 270 g/mol. The summed E-state index contributed by atoms with van der Waals surface area (Å²) in [5.41, 5.74) is 3.95. The van der Waals surface area contributed by atoms with Crippen molar-refractivity contribution in [2.24, 2.45) is 0 Å². The van der Waals surface area contributed by atoms with E-state index in [9.17, 15) is 5.11 Å². The highest BCUT2D eigenvalue weighted by Crippen LogP contribution is 2.26. The summed E-state index contributed by atoms with van der Waals surface area (Å²) in [6, 6.07) is 8.36. The molecule has 0 aliphatic carbocycles. The lowest BCUT2D eigenvalue weighted by Gasteiger charge is -2.10. The maximum absolute atomic E-state index is 9.59. The Bertz CT molecular complexity index is 739. The first-order valence-corrected chi connectivity index (χ1v) is 6.78. The number of fused-ring (bicyclic) bond motifs is 1. The zero-order chi connectivity index (χ0) is 14.3. The first-order valence-electron chi connectivity index (χ1n) is 6.78. The van der Waals surface area contributed by atoms with Crippen LogP contribution in [0.5, 0.6) is 0 Å². The van der Waals surface area contributed by atoms with Gasteiger partial charge in [0, 0.05) is 17.8 Å². The molecule has 2 N–H and O–H groups in total. The van der Waals surface area contributed by atoms with Gasteiger partial charge in [-0.1, -0.05) is 6.07 Å². The van der Waals surface area contributed by atoms with E-state index in [4.69, 9.17) is 0 Å². The number of aromatic amines is 1. The van der Waals surface area contributed by atoms with E-state index in [-0.39, 0.29) is 0 Å². The number of aromatic nitrogens is 4. The summed E-state index contributed by atoms with van der Waals surface area (Å²) >= 11 is 0. The molecule has 0 aliphatic heterocycles. The van der Waals surface area contributed by atoms with E-state index in [1.54, 1.807) is 6.92 Å². The van der Waals surface area contributed by atoms with Crippen LogP contribution in [-0.4, -0.2) is 24.9 Å². The Balaban J connectivity index is 2.10. The molecule has 0 saturated heterocycles. The Kier molecular flexibility index (Phi) is 3.06. The molecule has 20 heavy (non-hydrogen) atoms. The van der Waals surface area contributed by atoms with E-state index in [1.165, 1.54) is 0 Å². The number of benzene rings is 1. The highest BCUT2D eigenvalue weighted by Gasteiger charge is 2.11. The molecule has 0 spiro atoms. The van der Waals surface area contributed by atoms with Crippen LogP contribution in [-0.2, 0) is 0 Å². The molecule has 5 nitrogen and oxygen atoms in total. The number of nitrogens with zero attached hydrogens (tertiary/aromatic N) is 3. The molecule has 5 heteroatoms. The highest BCUT2D eigenvalue weighted by atomic mass is 16.3. The number of nitrogens with one attached hydrogen (secondary N) is 1. The van der Waals surface area contributed by atoms with E-state index < -0.39 is 6.10 Å². The second kappa shape index (κ2) is 4.76. The zero-order valence-electron chi connectivity index (χ0n) is 11.8. The van der Waals surface area contributed by atoms with Gasteiger partial charge < -0.3 is 10.1 Å². The average Bonchev–Trinajstić information content (AvgIpc) is 3.04. The summed E-state index contributed by atoms with van der Waals surface area (Å²) in [6.45, 7) is 5.92. The maximum Gasteiger partial charge on any atom is 0.135 e.